The summed E-state index contributed by atoms with van der Waals surface area (Å²) in [6, 6.07) is 6.47. The number of carboxylic acids is 1. The molecule has 3 aliphatic rings. The molecule has 1 aromatic carbocycles. The van der Waals surface area contributed by atoms with Gasteiger partial charge in [-0.05, 0) is 91.7 Å². The fraction of sp³-hybridized carbons (Fsp3) is 0.613. The molecule has 212 valence electrons. The SMILES string of the molecule is CC(C)[C@H]1Cc2c([C@@H](C(=O)O)N3CC[C@@H](OCCCCc4ccc5c(n4)NCCC5)C3)cc(F)cc2N(C)C1. The third-order valence-corrected chi connectivity index (χ3v) is 8.76. The highest BCUT2D eigenvalue weighted by molar-refractivity contribution is 5.78. The maximum atomic E-state index is 14.7. The van der Waals surface area contributed by atoms with Crippen LogP contribution in [0.4, 0.5) is 15.9 Å². The van der Waals surface area contributed by atoms with Crippen molar-refractivity contribution in [2.24, 2.45) is 11.8 Å². The summed E-state index contributed by atoms with van der Waals surface area (Å²) in [6.07, 6.45) is 6.68. The number of fused-ring (bicyclic) bond motifs is 2. The zero-order chi connectivity index (χ0) is 27.5. The van der Waals surface area contributed by atoms with Crippen LogP contribution >= 0.6 is 0 Å². The van der Waals surface area contributed by atoms with E-state index in [0.29, 0.717) is 37.1 Å². The lowest BCUT2D eigenvalue weighted by atomic mass is 9.81. The lowest BCUT2D eigenvalue weighted by Crippen LogP contribution is -2.38. The number of aryl methyl sites for hydroxylation is 2. The number of aliphatic carboxylic acids is 1. The van der Waals surface area contributed by atoms with Crippen LogP contribution in [0.3, 0.4) is 0 Å². The molecule has 8 heteroatoms. The van der Waals surface area contributed by atoms with Gasteiger partial charge in [0.2, 0.25) is 0 Å². The maximum absolute atomic E-state index is 14.7. The smallest absolute Gasteiger partial charge is 0.325 e. The highest BCUT2D eigenvalue weighted by atomic mass is 19.1. The number of benzene rings is 1. The molecule has 3 aliphatic heterocycles. The topological polar surface area (TPSA) is 77.9 Å². The van der Waals surface area contributed by atoms with Gasteiger partial charge < -0.3 is 20.1 Å². The van der Waals surface area contributed by atoms with Gasteiger partial charge in [-0.2, -0.15) is 0 Å². The summed E-state index contributed by atoms with van der Waals surface area (Å²) < 4.78 is 20.9. The minimum atomic E-state index is -0.926. The molecule has 5 rings (SSSR count). The molecule has 0 amide bonds. The number of carbonyl (C=O) groups is 1. The van der Waals surface area contributed by atoms with Crippen LogP contribution in [-0.2, 0) is 28.8 Å². The zero-order valence-corrected chi connectivity index (χ0v) is 23.6. The van der Waals surface area contributed by atoms with E-state index in [-0.39, 0.29) is 11.9 Å². The van der Waals surface area contributed by atoms with E-state index >= 15 is 0 Å². The van der Waals surface area contributed by atoms with Gasteiger partial charge in [0.25, 0.3) is 0 Å². The third kappa shape index (κ3) is 6.38. The number of aromatic nitrogens is 1. The number of pyridine rings is 1. The second-order valence-corrected chi connectivity index (χ2v) is 11.9. The van der Waals surface area contributed by atoms with Gasteiger partial charge in [-0.1, -0.05) is 19.9 Å². The Hall–Kier alpha value is -2.71. The fourth-order valence-electron chi connectivity index (χ4n) is 6.45. The van der Waals surface area contributed by atoms with Gasteiger partial charge in [-0.3, -0.25) is 9.69 Å². The summed E-state index contributed by atoms with van der Waals surface area (Å²) in [5.74, 6) is 0.612. The Morgan fingerprint density at radius 2 is 2.10 bits per heavy atom. The van der Waals surface area contributed by atoms with E-state index in [0.717, 1.165) is 80.8 Å². The molecule has 0 radical (unpaired) electrons. The molecule has 1 aromatic heterocycles. The van der Waals surface area contributed by atoms with Crippen molar-refractivity contribution in [1.29, 1.82) is 0 Å². The number of anilines is 2. The highest BCUT2D eigenvalue weighted by Gasteiger charge is 2.38. The Balaban J connectivity index is 1.17. The number of ether oxygens (including phenoxy) is 1. The number of nitrogens with zero attached hydrogens (tertiary/aromatic N) is 3. The third-order valence-electron chi connectivity index (χ3n) is 8.76. The van der Waals surface area contributed by atoms with Crippen molar-refractivity contribution in [2.75, 3.05) is 50.1 Å². The molecule has 0 saturated carbocycles. The second-order valence-electron chi connectivity index (χ2n) is 11.9. The van der Waals surface area contributed by atoms with Gasteiger partial charge >= 0.3 is 5.97 Å². The molecule has 0 aliphatic carbocycles. The minimum Gasteiger partial charge on any atom is -0.480 e. The van der Waals surface area contributed by atoms with E-state index < -0.39 is 12.0 Å². The largest absolute Gasteiger partial charge is 0.480 e. The van der Waals surface area contributed by atoms with Crippen molar-refractivity contribution < 1.29 is 19.0 Å². The van der Waals surface area contributed by atoms with Crippen molar-refractivity contribution in [3.63, 3.8) is 0 Å². The number of likely N-dealkylation sites (tertiary alicyclic amines) is 1. The summed E-state index contributed by atoms with van der Waals surface area (Å²) >= 11 is 0. The Labute approximate surface area is 231 Å². The van der Waals surface area contributed by atoms with E-state index in [2.05, 4.69) is 36.2 Å². The summed E-state index contributed by atoms with van der Waals surface area (Å²) in [6.45, 7) is 8.07. The van der Waals surface area contributed by atoms with Crippen LogP contribution in [0, 0.1) is 17.7 Å². The summed E-state index contributed by atoms with van der Waals surface area (Å²) in [7, 11) is 1.98. The average Bonchev–Trinajstić information content (AvgIpc) is 3.36. The van der Waals surface area contributed by atoms with Crippen molar-refractivity contribution >= 4 is 17.5 Å². The van der Waals surface area contributed by atoms with Crippen LogP contribution in [0.2, 0.25) is 0 Å². The molecule has 0 bridgehead atoms. The van der Waals surface area contributed by atoms with E-state index in [1.807, 2.05) is 11.9 Å². The van der Waals surface area contributed by atoms with Gasteiger partial charge in [0, 0.05) is 51.2 Å². The molecule has 4 heterocycles. The van der Waals surface area contributed by atoms with Crippen molar-refractivity contribution in [1.82, 2.24) is 9.88 Å². The first-order chi connectivity index (χ1) is 18.8. The van der Waals surface area contributed by atoms with Crippen LogP contribution in [0.25, 0.3) is 0 Å². The normalized spacial score (nSPS) is 21.9. The van der Waals surface area contributed by atoms with E-state index in [1.54, 1.807) is 6.07 Å². The standard InChI is InChI=1S/C31H43FN4O3/c1-20(2)22-15-26-27(16-23(32)17-28(26)35(3)18-22)29(31(37)38)36-13-11-25(19-36)39-14-5-4-8-24-10-9-21-7-6-12-33-30(21)34-24/h9-10,16-17,20,22,25,29H,4-8,11-15,18-19H2,1-3H3,(H,33,34)(H,37,38)/t22-,25+,29-/m0/s1. The Morgan fingerprint density at radius 3 is 2.90 bits per heavy atom. The molecule has 1 fully saturated rings. The van der Waals surface area contributed by atoms with Crippen LogP contribution in [0.5, 0.6) is 0 Å². The molecule has 2 N–H and O–H groups in total. The van der Waals surface area contributed by atoms with Gasteiger partial charge in [-0.15, -0.1) is 0 Å². The Bertz CT molecular complexity index is 1170. The van der Waals surface area contributed by atoms with Crippen molar-refractivity contribution in [3.05, 3.63) is 52.5 Å². The molecule has 7 nitrogen and oxygen atoms in total. The first kappa shape index (κ1) is 27.8. The second kappa shape index (κ2) is 12.2. The number of carboxylic acid groups (broad SMARTS) is 1. The molecule has 2 aromatic rings. The Morgan fingerprint density at radius 1 is 1.26 bits per heavy atom. The van der Waals surface area contributed by atoms with Crippen LogP contribution in [-0.4, -0.2) is 66.9 Å². The number of rotatable bonds is 10. The molecular weight excluding hydrogens is 495 g/mol. The van der Waals surface area contributed by atoms with Crippen LogP contribution in [0.15, 0.2) is 24.3 Å². The number of halogens is 1. The first-order valence-electron chi connectivity index (χ1n) is 14.6. The van der Waals surface area contributed by atoms with E-state index in [1.165, 1.54) is 11.6 Å². The predicted octanol–water partition coefficient (Wildman–Crippen LogP) is 5.08. The summed E-state index contributed by atoms with van der Waals surface area (Å²) in [4.78, 5) is 21.4. The molecule has 0 unspecified atom stereocenters. The highest BCUT2D eigenvalue weighted by Crippen LogP contribution is 2.39. The first-order valence-corrected chi connectivity index (χ1v) is 14.6. The monoisotopic (exact) mass is 538 g/mol. The average molecular weight is 539 g/mol. The quantitative estimate of drug-likeness (QED) is 0.409. The summed E-state index contributed by atoms with van der Waals surface area (Å²) in [5.41, 5.74) is 4.82. The maximum Gasteiger partial charge on any atom is 0.325 e. The van der Waals surface area contributed by atoms with E-state index in [4.69, 9.17) is 9.72 Å². The predicted molar refractivity (Wildman–Crippen MR) is 152 cm³/mol. The molecule has 3 atom stereocenters. The minimum absolute atomic E-state index is 0.00612. The molecular formula is C31H43FN4O3. The number of hydrogen-bond acceptors (Lipinski definition) is 6. The lowest BCUT2D eigenvalue weighted by Gasteiger charge is -2.38. The van der Waals surface area contributed by atoms with Gasteiger partial charge in [-0.25, -0.2) is 9.37 Å². The van der Waals surface area contributed by atoms with Gasteiger partial charge in [0.1, 0.15) is 17.7 Å². The molecule has 0 spiro atoms. The Kier molecular flexibility index (Phi) is 8.72. The zero-order valence-electron chi connectivity index (χ0n) is 23.6. The number of hydrogen-bond donors (Lipinski definition) is 2. The number of unbranched alkanes of at least 4 members (excludes halogenated alkanes) is 1. The van der Waals surface area contributed by atoms with Crippen molar-refractivity contribution in [3.8, 4) is 0 Å². The molecule has 39 heavy (non-hydrogen) atoms. The van der Waals surface area contributed by atoms with Gasteiger partial charge in [0.15, 0.2) is 0 Å². The molecule has 1 saturated heterocycles. The van der Waals surface area contributed by atoms with Crippen LogP contribution in [0.1, 0.15) is 68.0 Å². The van der Waals surface area contributed by atoms with Crippen molar-refractivity contribution in [2.45, 2.75) is 70.9 Å². The fourth-order valence-corrected chi connectivity index (χ4v) is 6.45. The lowest BCUT2D eigenvalue weighted by molar-refractivity contribution is -0.143. The van der Waals surface area contributed by atoms with E-state index in [9.17, 15) is 14.3 Å². The number of nitrogens with one attached hydrogen (secondary N) is 1. The van der Waals surface area contributed by atoms with Crippen LogP contribution < -0.4 is 10.2 Å². The van der Waals surface area contributed by atoms with Gasteiger partial charge in [0.05, 0.1) is 6.10 Å². The summed E-state index contributed by atoms with van der Waals surface area (Å²) in [5, 5.41) is 13.7.